The van der Waals surface area contributed by atoms with Crippen LogP contribution in [0.15, 0.2) is 32.9 Å². The third-order valence-electron chi connectivity index (χ3n) is 1.55. The number of thioether (sulfide) groups is 3. The lowest BCUT2D eigenvalue weighted by Gasteiger charge is -2.12. The molecule has 12 heteroatoms. The first kappa shape index (κ1) is 18.7. The minimum atomic E-state index is -4.82. The summed E-state index contributed by atoms with van der Waals surface area (Å²) in [4.78, 5) is -2.24. The van der Waals surface area contributed by atoms with Crippen LogP contribution in [0.3, 0.4) is 0 Å². The summed E-state index contributed by atoms with van der Waals surface area (Å²) in [7, 11) is 0. The van der Waals surface area contributed by atoms with Crippen LogP contribution in [-0.4, -0.2) is 16.5 Å². The molecule has 1 aromatic carbocycles. The second-order valence-corrected chi connectivity index (χ2v) is 6.70. The summed E-state index contributed by atoms with van der Waals surface area (Å²) in [5.74, 6) is 0. The van der Waals surface area contributed by atoms with Crippen molar-refractivity contribution in [3.8, 4) is 0 Å². The van der Waals surface area contributed by atoms with Gasteiger partial charge in [0.1, 0.15) is 0 Å². The number of benzene rings is 1. The molecular weight excluding hydrogens is 375 g/mol. The number of hydrogen-bond acceptors (Lipinski definition) is 3. The normalized spacial score (nSPS) is 13.6. The second-order valence-electron chi connectivity index (χ2n) is 3.28. The molecule has 0 aliphatic heterocycles. The summed E-state index contributed by atoms with van der Waals surface area (Å²) in [5, 5.41) is 0. The average Bonchev–Trinajstić information content (AvgIpc) is 2.06. The van der Waals surface area contributed by atoms with E-state index in [1.165, 1.54) is 0 Å². The van der Waals surface area contributed by atoms with Crippen molar-refractivity contribution in [3.63, 3.8) is 0 Å². The highest BCUT2D eigenvalue weighted by atomic mass is 32.2. The molecule has 0 N–H and O–H groups in total. The zero-order chi connectivity index (χ0) is 16.5. The molecule has 0 bridgehead atoms. The third kappa shape index (κ3) is 8.61. The van der Waals surface area contributed by atoms with Gasteiger partial charge in [-0.1, -0.05) is 0 Å². The predicted molar refractivity (Wildman–Crippen MR) is 62.2 cm³/mol. The summed E-state index contributed by atoms with van der Waals surface area (Å²) < 4.78 is 110. The van der Waals surface area contributed by atoms with Gasteiger partial charge in [0, 0.05) is 14.7 Å². The maximum atomic E-state index is 12.2. The second kappa shape index (κ2) is 6.41. The van der Waals surface area contributed by atoms with Crippen molar-refractivity contribution in [2.75, 3.05) is 0 Å². The monoisotopic (exact) mass is 378 g/mol. The van der Waals surface area contributed by atoms with Crippen LogP contribution in [0.2, 0.25) is 0 Å². The van der Waals surface area contributed by atoms with Gasteiger partial charge in [0.2, 0.25) is 0 Å². The molecule has 120 valence electrons. The van der Waals surface area contributed by atoms with Crippen molar-refractivity contribution < 1.29 is 39.5 Å². The predicted octanol–water partition coefficient (Wildman–Crippen LogP) is 6.52. The quantitative estimate of drug-likeness (QED) is 0.434. The molecule has 0 aliphatic carbocycles. The van der Waals surface area contributed by atoms with E-state index < -0.39 is 66.5 Å². The van der Waals surface area contributed by atoms with Gasteiger partial charge in [-0.3, -0.25) is 0 Å². The van der Waals surface area contributed by atoms with Crippen molar-refractivity contribution in [2.24, 2.45) is 0 Å². The van der Waals surface area contributed by atoms with Gasteiger partial charge in [0.15, 0.2) is 0 Å². The van der Waals surface area contributed by atoms with E-state index in [4.69, 9.17) is 0 Å². The van der Waals surface area contributed by atoms with E-state index in [0.29, 0.717) is 18.2 Å². The Labute approximate surface area is 124 Å². The highest BCUT2D eigenvalue weighted by molar-refractivity contribution is 8.01. The first-order valence-electron chi connectivity index (χ1n) is 4.66. The van der Waals surface area contributed by atoms with E-state index in [9.17, 15) is 39.5 Å². The highest BCUT2D eigenvalue weighted by Gasteiger charge is 2.34. The van der Waals surface area contributed by atoms with E-state index in [-0.39, 0.29) is 0 Å². The number of hydrogen-bond donors (Lipinski definition) is 0. The Balaban J connectivity index is 3.13. The van der Waals surface area contributed by atoms with Crippen LogP contribution in [-0.2, 0) is 0 Å². The van der Waals surface area contributed by atoms with Crippen LogP contribution in [0.4, 0.5) is 39.5 Å². The molecule has 0 nitrogen and oxygen atoms in total. The Hall–Kier alpha value is -0.360. The van der Waals surface area contributed by atoms with E-state index in [1.807, 2.05) is 0 Å². The molecule has 0 spiro atoms. The first-order valence-corrected chi connectivity index (χ1v) is 7.11. The molecule has 0 aromatic heterocycles. The number of rotatable bonds is 3. The van der Waals surface area contributed by atoms with Gasteiger partial charge in [0.05, 0.1) is 0 Å². The largest absolute Gasteiger partial charge is 0.446 e. The number of halogens is 9. The Morgan fingerprint density at radius 1 is 0.476 bits per heavy atom. The lowest BCUT2D eigenvalue weighted by molar-refractivity contribution is -0.0334. The van der Waals surface area contributed by atoms with Crippen molar-refractivity contribution >= 4 is 35.3 Å². The fraction of sp³-hybridized carbons (Fsp3) is 0.333. The molecule has 0 saturated heterocycles. The standard InChI is InChI=1S/C9H3F9S3/c10-7(11,12)19-4-1-5(20-8(13,14)15)3-6(2-4)21-9(16,17)18/h1-3H. The van der Waals surface area contributed by atoms with Crippen molar-refractivity contribution in [2.45, 2.75) is 31.2 Å². The highest BCUT2D eigenvalue weighted by Crippen LogP contribution is 2.45. The molecular formula is C9H3F9S3. The fourth-order valence-corrected chi connectivity index (χ4v) is 3.26. The Morgan fingerprint density at radius 3 is 0.810 bits per heavy atom. The lowest BCUT2D eigenvalue weighted by atomic mass is 10.4. The molecule has 0 heterocycles. The topological polar surface area (TPSA) is 0 Å². The van der Waals surface area contributed by atoms with E-state index in [2.05, 4.69) is 0 Å². The van der Waals surface area contributed by atoms with Gasteiger partial charge in [-0.15, -0.1) is 0 Å². The maximum absolute atomic E-state index is 12.2. The van der Waals surface area contributed by atoms with Crippen LogP contribution in [0.5, 0.6) is 0 Å². The van der Waals surface area contributed by atoms with E-state index >= 15 is 0 Å². The van der Waals surface area contributed by atoms with Crippen LogP contribution in [0.1, 0.15) is 0 Å². The van der Waals surface area contributed by atoms with Gasteiger partial charge in [-0.05, 0) is 53.5 Å². The van der Waals surface area contributed by atoms with Crippen molar-refractivity contribution in [1.82, 2.24) is 0 Å². The average molecular weight is 378 g/mol. The van der Waals surface area contributed by atoms with Crippen molar-refractivity contribution in [1.29, 1.82) is 0 Å². The lowest BCUT2D eigenvalue weighted by Crippen LogP contribution is -2.03. The Morgan fingerprint density at radius 2 is 0.667 bits per heavy atom. The molecule has 1 aromatic rings. The third-order valence-corrected chi connectivity index (χ3v) is 3.66. The van der Waals surface area contributed by atoms with Gasteiger partial charge >= 0.3 is 16.5 Å². The molecule has 0 amide bonds. The smallest absolute Gasteiger partial charge is 0.160 e. The van der Waals surface area contributed by atoms with Crippen molar-refractivity contribution in [3.05, 3.63) is 18.2 Å². The molecule has 0 aliphatic rings. The molecule has 0 radical (unpaired) electrons. The van der Waals surface area contributed by atoms with Gasteiger partial charge in [0.25, 0.3) is 0 Å². The molecule has 1 rings (SSSR count). The van der Waals surface area contributed by atoms with Gasteiger partial charge in [-0.25, -0.2) is 0 Å². The molecule has 0 unspecified atom stereocenters. The first-order chi connectivity index (χ1) is 9.23. The van der Waals surface area contributed by atoms with E-state index in [1.54, 1.807) is 0 Å². The maximum Gasteiger partial charge on any atom is 0.446 e. The fourth-order valence-electron chi connectivity index (χ4n) is 1.12. The molecule has 0 saturated carbocycles. The Kier molecular flexibility index (Phi) is 5.70. The summed E-state index contributed by atoms with van der Waals surface area (Å²) in [6.45, 7) is 0. The molecule has 21 heavy (non-hydrogen) atoms. The van der Waals surface area contributed by atoms with Crippen LogP contribution in [0.25, 0.3) is 0 Å². The summed E-state index contributed by atoms with van der Waals surface area (Å²) in [5.41, 5.74) is -14.5. The minimum absolute atomic E-state index is 0.538. The van der Waals surface area contributed by atoms with Crippen LogP contribution < -0.4 is 0 Å². The molecule has 0 atom stereocenters. The van der Waals surface area contributed by atoms with Gasteiger partial charge < -0.3 is 0 Å². The van der Waals surface area contributed by atoms with Crippen LogP contribution in [0, 0.1) is 0 Å². The summed E-state index contributed by atoms with van der Waals surface area (Å²) in [6.07, 6.45) is 0. The summed E-state index contributed by atoms with van der Waals surface area (Å²) >= 11 is -2.34. The zero-order valence-electron chi connectivity index (χ0n) is 9.36. The minimum Gasteiger partial charge on any atom is -0.160 e. The zero-order valence-corrected chi connectivity index (χ0v) is 11.8. The SMILES string of the molecule is FC(F)(F)Sc1cc(SC(F)(F)F)cc(SC(F)(F)F)c1. The number of alkyl halides is 9. The van der Waals surface area contributed by atoms with E-state index in [0.717, 1.165) is 0 Å². The van der Waals surface area contributed by atoms with Gasteiger partial charge in [-0.2, -0.15) is 39.5 Å². The summed E-state index contributed by atoms with van der Waals surface area (Å²) in [6, 6.07) is 1.62. The Bertz CT molecular complexity index is 405. The van der Waals surface area contributed by atoms with Crippen LogP contribution >= 0.6 is 35.3 Å². The molecule has 0 fully saturated rings.